The molecule has 1 aliphatic rings. The summed E-state index contributed by atoms with van der Waals surface area (Å²) in [6, 6.07) is 16.5. The second-order valence-electron chi connectivity index (χ2n) is 9.39. The molecular formula is C29H32N6O. The molecule has 2 aromatic heterocycles. The summed E-state index contributed by atoms with van der Waals surface area (Å²) in [7, 11) is 2.19. The van der Waals surface area contributed by atoms with Gasteiger partial charge in [0.15, 0.2) is 0 Å². The van der Waals surface area contributed by atoms with Crippen LogP contribution in [0, 0.1) is 18.3 Å². The van der Waals surface area contributed by atoms with Gasteiger partial charge in [-0.15, -0.1) is 0 Å². The molecule has 0 saturated carbocycles. The van der Waals surface area contributed by atoms with Gasteiger partial charge in [0.25, 0.3) is 0 Å². The van der Waals surface area contributed by atoms with Gasteiger partial charge < -0.3 is 19.9 Å². The van der Waals surface area contributed by atoms with E-state index in [0.717, 1.165) is 77.4 Å². The minimum absolute atomic E-state index is 0.504. The molecule has 0 aliphatic carbocycles. The van der Waals surface area contributed by atoms with Crippen molar-refractivity contribution >= 4 is 22.3 Å². The van der Waals surface area contributed by atoms with Crippen molar-refractivity contribution in [3.63, 3.8) is 0 Å². The van der Waals surface area contributed by atoms with E-state index in [2.05, 4.69) is 51.2 Å². The molecule has 1 fully saturated rings. The van der Waals surface area contributed by atoms with Gasteiger partial charge in [0, 0.05) is 60.4 Å². The summed E-state index contributed by atoms with van der Waals surface area (Å²) < 4.78 is 6.05. The van der Waals surface area contributed by atoms with Crippen molar-refractivity contribution in [2.45, 2.75) is 13.3 Å². The van der Waals surface area contributed by atoms with Gasteiger partial charge in [-0.05, 0) is 74.9 Å². The molecule has 36 heavy (non-hydrogen) atoms. The number of nitriles is 1. The fourth-order valence-electron chi connectivity index (χ4n) is 4.80. The SMILES string of the molecule is Cc1c(Nc2c(C#N)cncc2-c2ccc(OCCN3CCCN(C)CC3)cc2)ccc2[nH]ccc12. The summed E-state index contributed by atoms with van der Waals surface area (Å²) in [6.45, 7) is 8.18. The Hall–Kier alpha value is -3.86. The van der Waals surface area contributed by atoms with E-state index in [1.807, 2.05) is 42.6 Å². The molecule has 0 atom stereocenters. The number of rotatable bonds is 7. The predicted octanol–water partition coefficient (Wildman–Crippen LogP) is 5.17. The maximum Gasteiger partial charge on any atom is 0.119 e. The van der Waals surface area contributed by atoms with Crippen molar-refractivity contribution < 1.29 is 4.74 Å². The van der Waals surface area contributed by atoms with E-state index in [0.29, 0.717) is 12.2 Å². The minimum atomic E-state index is 0.504. The average Bonchev–Trinajstić information content (AvgIpc) is 3.29. The summed E-state index contributed by atoms with van der Waals surface area (Å²) in [5.74, 6) is 0.846. The molecule has 3 heterocycles. The summed E-state index contributed by atoms with van der Waals surface area (Å²) in [5.41, 5.74) is 6.29. The standard InChI is InChI=1S/C29H32N6O/c1-21-25-10-11-32-28(25)9-8-27(21)33-29-23(18-30)19-31-20-26(29)22-4-6-24(7-5-22)36-17-16-35-13-3-12-34(2)14-15-35/h4-11,19-20,32H,3,12-17H2,1-2H3,(H,31,33). The van der Waals surface area contributed by atoms with Crippen molar-refractivity contribution in [2.75, 3.05) is 51.7 Å². The second-order valence-corrected chi connectivity index (χ2v) is 9.39. The Kier molecular flexibility index (Phi) is 7.17. The number of nitrogens with zero attached hydrogens (tertiary/aromatic N) is 4. The van der Waals surface area contributed by atoms with Crippen LogP contribution in [0.15, 0.2) is 61.1 Å². The molecule has 7 nitrogen and oxygen atoms in total. The number of ether oxygens (including phenoxy) is 1. The number of aryl methyl sites for hydroxylation is 1. The van der Waals surface area contributed by atoms with Crippen LogP contribution in [-0.2, 0) is 0 Å². The van der Waals surface area contributed by atoms with Crippen molar-refractivity contribution in [1.82, 2.24) is 19.8 Å². The molecule has 2 N–H and O–H groups in total. The van der Waals surface area contributed by atoms with Crippen molar-refractivity contribution in [3.05, 3.63) is 72.2 Å². The van der Waals surface area contributed by atoms with Crippen molar-refractivity contribution in [3.8, 4) is 22.9 Å². The summed E-state index contributed by atoms with van der Waals surface area (Å²) in [6.07, 6.45) is 6.56. The minimum Gasteiger partial charge on any atom is -0.492 e. The van der Waals surface area contributed by atoms with Crippen LogP contribution in [0.4, 0.5) is 11.4 Å². The third-order valence-corrected chi connectivity index (χ3v) is 6.98. The summed E-state index contributed by atoms with van der Waals surface area (Å²) >= 11 is 0. The highest BCUT2D eigenvalue weighted by Gasteiger charge is 2.15. The first-order valence-electron chi connectivity index (χ1n) is 12.5. The molecule has 0 spiro atoms. The Bertz CT molecular complexity index is 1370. The highest BCUT2D eigenvalue weighted by Crippen LogP contribution is 2.35. The Morgan fingerprint density at radius 2 is 1.92 bits per heavy atom. The van der Waals surface area contributed by atoms with Crippen LogP contribution in [0.25, 0.3) is 22.0 Å². The fraction of sp³-hybridized carbons (Fsp3) is 0.310. The van der Waals surface area contributed by atoms with E-state index in [1.54, 1.807) is 12.4 Å². The van der Waals surface area contributed by atoms with Crippen LogP contribution >= 0.6 is 0 Å². The summed E-state index contributed by atoms with van der Waals surface area (Å²) in [5, 5.41) is 14.5. The Labute approximate surface area is 212 Å². The van der Waals surface area contributed by atoms with Crippen LogP contribution in [-0.4, -0.2) is 66.1 Å². The van der Waals surface area contributed by atoms with Crippen LogP contribution in [0.3, 0.4) is 0 Å². The topological polar surface area (TPSA) is 80.2 Å². The number of aromatic amines is 1. The number of benzene rings is 2. The molecule has 184 valence electrons. The molecule has 0 radical (unpaired) electrons. The van der Waals surface area contributed by atoms with E-state index in [1.165, 1.54) is 6.42 Å². The number of likely N-dealkylation sites (N-methyl/N-ethyl adjacent to an activating group) is 1. The van der Waals surface area contributed by atoms with Gasteiger partial charge in [-0.3, -0.25) is 9.88 Å². The molecule has 7 heteroatoms. The molecule has 1 saturated heterocycles. The lowest BCUT2D eigenvalue weighted by molar-refractivity contribution is 0.213. The van der Waals surface area contributed by atoms with Crippen molar-refractivity contribution in [2.24, 2.45) is 0 Å². The van der Waals surface area contributed by atoms with Gasteiger partial charge >= 0.3 is 0 Å². The van der Waals surface area contributed by atoms with E-state index < -0.39 is 0 Å². The third-order valence-electron chi connectivity index (χ3n) is 6.98. The maximum atomic E-state index is 9.79. The van der Waals surface area contributed by atoms with Gasteiger partial charge in [-0.2, -0.15) is 5.26 Å². The van der Waals surface area contributed by atoms with Gasteiger partial charge in [-0.1, -0.05) is 12.1 Å². The predicted molar refractivity (Wildman–Crippen MR) is 145 cm³/mol. The quantitative estimate of drug-likeness (QED) is 0.380. The number of aromatic nitrogens is 2. The number of anilines is 2. The first-order valence-corrected chi connectivity index (χ1v) is 12.5. The molecule has 0 bridgehead atoms. The maximum absolute atomic E-state index is 9.79. The van der Waals surface area contributed by atoms with Crippen molar-refractivity contribution in [1.29, 1.82) is 5.26 Å². The highest BCUT2D eigenvalue weighted by atomic mass is 16.5. The molecule has 0 unspecified atom stereocenters. The van der Waals surface area contributed by atoms with Gasteiger partial charge in [0.1, 0.15) is 18.4 Å². The monoisotopic (exact) mass is 480 g/mol. The second kappa shape index (κ2) is 10.8. The number of nitrogens with one attached hydrogen (secondary N) is 2. The first-order chi connectivity index (χ1) is 17.6. The Morgan fingerprint density at radius 3 is 2.75 bits per heavy atom. The van der Waals surface area contributed by atoms with Gasteiger partial charge in [-0.25, -0.2) is 0 Å². The smallest absolute Gasteiger partial charge is 0.119 e. The molecular weight excluding hydrogens is 448 g/mol. The number of H-pyrrole nitrogens is 1. The molecule has 0 amide bonds. The van der Waals surface area contributed by atoms with Gasteiger partial charge in [0.2, 0.25) is 0 Å². The number of fused-ring (bicyclic) bond motifs is 1. The van der Waals surface area contributed by atoms with Crippen LogP contribution in [0.1, 0.15) is 17.5 Å². The largest absolute Gasteiger partial charge is 0.492 e. The summed E-state index contributed by atoms with van der Waals surface area (Å²) in [4.78, 5) is 12.4. The molecule has 2 aromatic carbocycles. The normalized spacial score (nSPS) is 14.9. The lowest BCUT2D eigenvalue weighted by atomic mass is 10.0. The zero-order valence-corrected chi connectivity index (χ0v) is 20.9. The van der Waals surface area contributed by atoms with Gasteiger partial charge in [0.05, 0.1) is 11.3 Å². The molecule has 5 rings (SSSR count). The molecule has 4 aromatic rings. The van der Waals surface area contributed by atoms with Crippen LogP contribution < -0.4 is 10.1 Å². The van der Waals surface area contributed by atoms with E-state index in [-0.39, 0.29) is 0 Å². The van der Waals surface area contributed by atoms with Crippen LogP contribution in [0.5, 0.6) is 5.75 Å². The Morgan fingerprint density at radius 1 is 1.06 bits per heavy atom. The number of pyridine rings is 1. The fourth-order valence-corrected chi connectivity index (χ4v) is 4.80. The zero-order chi connectivity index (χ0) is 24.9. The van der Waals surface area contributed by atoms with E-state index >= 15 is 0 Å². The lowest BCUT2D eigenvalue weighted by Crippen LogP contribution is -2.32. The van der Waals surface area contributed by atoms with Crippen LogP contribution in [0.2, 0.25) is 0 Å². The first kappa shape index (κ1) is 23.9. The number of hydrogen-bond acceptors (Lipinski definition) is 6. The molecule has 1 aliphatic heterocycles. The Balaban J connectivity index is 1.31. The average molecular weight is 481 g/mol. The lowest BCUT2D eigenvalue weighted by Gasteiger charge is -2.20. The third kappa shape index (κ3) is 5.20. The number of hydrogen-bond donors (Lipinski definition) is 2. The zero-order valence-electron chi connectivity index (χ0n) is 20.9. The van der Waals surface area contributed by atoms with E-state index in [4.69, 9.17) is 4.74 Å². The highest BCUT2D eigenvalue weighted by molar-refractivity contribution is 5.91. The van der Waals surface area contributed by atoms with E-state index in [9.17, 15) is 5.26 Å².